The van der Waals surface area contributed by atoms with E-state index in [9.17, 15) is 0 Å². The van der Waals surface area contributed by atoms with Gasteiger partial charge in [-0.05, 0) is 43.0 Å². The van der Waals surface area contributed by atoms with E-state index in [1.54, 1.807) is 0 Å². The summed E-state index contributed by atoms with van der Waals surface area (Å²) >= 11 is 5.86. The summed E-state index contributed by atoms with van der Waals surface area (Å²) < 4.78 is 0. The summed E-state index contributed by atoms with van der Waals surface area (Å²) in [6, 6.07) is 7.98. The van der Waals surface area contributed by atoms with Crippen LogP contribution in [-0.4, -0.2) is 0 Å². The summed E-state index contributed by atoms with van der Waals surface area (Å²) in [6.07, 6.45) is 4.23. The Morgan fingerprint density at radius 1 is 1.33 bits per heavy atom. The van der Waals surface area contributed by atoms with E-state index in [2.05, 4.69) is 38.6 Å². The smallest absolute Gasteiger partial charge is 0.0406 e. The van der Waals surface area contributed by atoms with Gasteiger partial charge in [0, 0.05) is 5.02 Å². The van der Waals surface area contributed by atoms with E-state index in [0.717, 1.165) is 17.9 Å². The molecule has 0 aromatic heterocycles. The van der Waals surface area contributed by atoms with Crippen molar-refractivity contribution in [3.05, 3.63) is 53.1 Å². The Morgan fingerprint density at radius 2 is 1.93 bits per heavy atom. The predicted octanol–water partition coefficient (Wildman–Crippen LogP) is 5.10. The lowest BCUT2D eigenvalue weighted by atomic mass is 9.99. The normalized spacial score (nSPS) is 11.5. The van der Waals surface area contributed by atoms with Crippen LogP contribution >= 0.6 is 11.6 Å². The number of halogens is 1. The Kier molecular flexibility index (Phi) is 4.64. The van der Waals surface area contributed by atoms with E-state index in [1.807, 2.05) is 12.1 Å². The average Bonchev–Trinajstić information content (AvgIpc) is 2.17. The van der Waals surface area contributed by atoms with E-state index in [-0.39, 0.29) is 0 Å². The van der Waals surface area contributed by atoms with Crippen LogP contribution in [0, 0.1) is 0 Å². The zero-order valence-electron chi connectivity index (χ0n) is 9.39. The highest BCUT2D eigenvalue weighted by Crippen LogP contribution is 2.23. The highest BCUT2D eigenvalue weighted by atomic mass is 35.5. The summed E-state index contributed by atoms with van der Waals surface area (Å²) in [5.74, 6) is 0. The summed E-state index contributed by atoms with van der Waals surface area (Å²) in [5, 5.41) is 0.782. The first kappa shape index (κ1) is 12.1. The number of benzene rings is 1. The van der Waals surface area contributed by atoms with Gasteiger partial charge in [0.1, 0.15) is 0 Å². The lowest BCUT2D eigenvalue weighted by Gasteiger charge is -2.07. The first-order valence-corrected chi connectivity index (χ1v) is 5.60. The second-order valence-electron chi connectivity index (χ2n) is 3.78. The van der Waals surface area contributed by atoms with Crippen molar-refractivity contribution in [2.45, 2.75) is 26.7 Å². The van der Waals surface area contributed by atoms with Gasteiger partial charge in [0.05, 0.1) is 0 Å². The first-order chi connectivity index (χ1) is 7.13. The van der Waals surface area contributed by atoms with E-state index in [0.29, 0.717) is 0 Å². The molecule has 0 amide bonds. The molecule has 0 nitrogen and oxygen atoms in total. The molecule has 15 heavy (non-hydrogen) atoms. The molecule has 0 unspecified atom stereocenters. The molecule has 0 fully saturated rings. The summed E-state index contributed by atoms with van der Waals surface area (Å²) in [5.41, 5.74) is 3.76. The molecule has 0 spiro atoms. The van der Waals surface area contributed by atoms with Crippen LogP contribution in [-0.2, 0) is 0 Å². The lowest BCUT2D eigenvalue weighted by molar-refractivity contribution is 1.18. The van der Waals surface area contributed by atoms with Crippen molar-refractivity contribution < 1.29 is 0 Å². The molecule has 0 aliphatic rings. The van der Waals surface area contributed by atoms with Gasteiger partial charge in [-0.15, -0.1) is 0 Å². The van der Waals surface area contributed by atoms with Crippen molar-refractivity contribution >= 4 is 17.2 Å². The van der Waals surface area contributed by atoms with Crippen molar-refractivity contribution in [2.75, 3.05) is 0 Å². The number of hydrogen-bond acceptors (Lipinski definition) is 0. The Bertz CT molecular complexity index is 357. The molecule has 1 aromatic carbocycles. The number of allylic oxidation sites excluding steroid dienone is 3. The van der Waals surface area contributed by atoms with Gasteiger partial charge in [-0.1, -0.05) is 48.9 Å². The van der Waals surface area contributed by atoms with Crippen LogP contribution in [0.15, 0.2) is 42.5 Å². The van der Waals surface area contributed by atoms with Gasteiger partial charge < -0.3 is 0 Å². The van der Waals surface area contributed by atoms with Crippen molar-refractivity contribution in [1.82, 2.24) is 0 Å². The van der Waals surface area contributed by atoms with Gasteiger partial charge in [-0.2, -0.15) is 0 Å². The predicted molar refractivity (Wildman–Crippen MR) is 69.2 cm³/mol. The third kappa shape index (κ3) is 3.93. The standard InChI is InChI=1S/C14H17Cl/c1-4-5-13(10-11(2)3)12-6-8-14(15)9-7-12/h5-9H,2,4,10H2,1,3H3/b13-5-. The topological polar surface area (TPSA) is 0 Å². The van der Waals surface area contributed by atoms with Crippen molar-refractivity contribution in [2.24, 2.45) is 0 Å². The Balaban J connectivity index is 2.94. The molecule has 0 saturated carbocycles. The molecule has 0 saturated heterocycles. The second kappa shape index (κ2) is 5.77. The zero-order chi connectivity index (χ0) is 11.3. The summed E-state index contributed by atoms with van der Waals surface area (Å²) in [4.78, 5) is 0. The second-order valence-corrected chi connectivity index (χ2v) is 4.21. The molecule has 0 aliphatic heterocycles. The maximum atomic E-state index is 5.86. The molecular weight excluding hydrogens is 204 g/mol. The van der Waals surface area contributed by atoms with E-state index in [4.69, 9.17) is 11.6 Å². The molecule has 0 atom stereocenters. The quantitative estimate of drug-likeness (QED) is 0.620. The largest absolute Gasteiger partial charge is 0.0998 e. The van der Waals surface area contributed by atoms with E-state index < -0.39 is 0 Å². The minimum atomic E-state index is 0.782. The van der Waals surface area contributed by atoms with E-state index >= 15 is 0 Å². The Morgan fingerprint density at radius 3 is 2.40 bits per heavy atom. The SMILES string of the molecule is C=C(C)C/C(=C/CC)c1ccc(Cl)cc1. The Hall–Kier alpha value is -1.01. The molecule has 1 rings (SSSR count). The van der Waals surface area contributed by atoms with Gasteiger partial charge >= 0.3 is 0 Å². The molecule has 1 aromatic rings. The van der Waals surface area contributed by atoms with Crippen LogP contribution in [0.25, 0.3) is 5.57 Å². The number of rotatable bonds is 4. The fourth-order valence-electron chi connectivity index (χ4n) is 1.53. The van der Waals surface area contributed by atoms with Crippen molar-refractivity contribution in [3.8, 4) is 0 Å². The molecule has 80 valence electrons. The lowest BCUT2D eigenvalue weighted by Crippen LogP contribution is -1.85. The summed E-state index contributed by atoms with van der Waals surface area (Å²) in [6.45, 7) is 8.16. The van der Waals surface area contributed by atoms with Crippen molar-refractivity contribution in [3.63, 3.8) is 0 Å². The fourth-order valence-corrected chi connectivity index (χ4v) is 1.65. The first-order valence-electron chi connectivity index (χ1n) is 5.23. The van der Waals surface area contributed by atoms with Crippen LogP contribution in [0.3, 0.4) is 0 Å². The molecule has 0 bridgehead atoms. The van der Waals surface area contributed by atoms with Gasteiger partial charge in [-0.25, -0.2) is 0 Å². The maximum absolute atomic E-state index is 5.86. The molecule has 0 aliphatic carbocycles. The Labute approximate surface area is 97.3 Å². The minimum Gasteiger partial charge on any atom is -0.0998 e. The van der Waals surface area contributed by atoms with Crippen LogP contribution in [0.2, 0.25) is 5.02 Å². The van der Waals surface area contributed by atoms with Crippen LogP contribution in [0.4, 0.5) is 0 Å². The van der Waals surface area contributed by atoms with Gasteiger partial charge in [0.15, 0.2) is 0 Å². The summed E-state index contributed by atoms with van der Waals surface area (Å²) in [7, 11) is 0. The monoisotopic (exact) mass is 220 g/mol. The highest BCUT2D eigenvalue weighted by molar-refractivity contribution is 6.30. The van der Waals surface area contributed by atoms with Gasteiger partial charge in [-0.3, -0.25) is 0 Å². The fraction of sp³-hybridized carbons (Fsp3) is 0.286. The van der Waals surface area contributed by atoms with Gasteiger partial charge in [0.2, 0.25) is 0 Å². The van der Waals surface area contributed by atoms with Crippen LogP contribution in [0.1, 0.15) is 32.3 Å². The third-order valence-corrected chi connectivity index (χ3v) is 2.41. The average molecular weight is 221 g/mol. The molecule has 0 N–H and O–H groups in total. The maximum Gasteiger partial charge on any atom is 0.0406 e. The van der Waals surface area contributed by atoms with E-state index in [1.165, 1.54) is 16.7 Å². The molecular formula is C14H17Cl. The highest BCUT2D eigenvalue weighted by Gasteiger charge is 2.01. The molecule has 0 heterocycles. The van der Waals surface area contributed by atoms with Gasteiger partial charge in [0.25, 0.3) is 0 Å². The van der Waals surface area contributed by atoms with Crippen LogP contribution in [0.5, 0.6) is 0 Å². The zero-order valence-corrected chi connectivity index (χ0v) is 10.1. The van der Waals surface area contributed by atoms with Crippen molar-refractivity contribution in [1.29, 1.82) is 0 Å². The minimum absolute atomic E-state index is 0.782. The third-order valence-electron chi connectivity index (χ3n) is 2.16. The molecule has 1 heteroatoms. The molecule has 0 radical (unpaired) electrons. The number of hydrogen-bond donors (Lipinski definition) is 0. The van der Waals surface area contributed by atoms with Crippen LogP contribution < -0.4 is 0 Å².